The SMILES string of the molecule is CCCCNc1snc(N)c1C#N. The Morgan fingerprint density at radius 3 is 3.08 bits per heavy atom. The van der Waals surface area contributed by atoms with Crippen molar-refractivity contribution in [2.45, 2.75) is 19.8 Å². The highest BCUT2D eigenvalue weighted by Gasteiger charge is 2.09. The van der Waals surface area contributed by atoms with Crippen molar-refractivity contribution in [3.8, 4) is 6.07 Å². The van der Waals surface area contributed by atoms with Gasteiger partial charge >= 0.3 is 0 Å². The highest BCUT2D eigenvalue weighted by molar-refractivity contribution is 7.10. The van der Waals surface area contributed by atoms with Crippen molar-refractivity contribution in [3.63, 3.8) is 0 Å². The minimum Gasteiger partial charge on any atom is -0.382 e. The maximum Gasteiger partial charge on any atom is 0.157 e. The van der Waals surface area contributed by atoms with E-state index in [9.17, 15) is 0 Å². The molecular weight excluding hydrogens is 184 g/mol. The van der Waals surface area contributed by atoms with Crippen LogP contribution in [0.5, 0.6) is 0 Å². The summed E-state index contributed by atoms with van der Waals surface area (Å²) in [5.41, 5.74) is 5.97. The number of nitriles is 1. The minimum atomic E-state index is 0.325. The lowest BCUT2D eigenvalue weighted by atomic mass is 10.3. The summed E-state index contributed by atoms with van der Waals surface area (Å²) in [7, 11) is 0. The Morgan fingerprint density at radius 2 is 2.46 bits per heavy atom. The van der Waals surface area contributed by atoms with Gasteiger partial charge < -0.3 is 11.1 Å². The minimum absolute atomic E-state index is 0.325. The van der Waals surface area contributed by atoms with Gasteiger partial charge in [0.1, 0.15) is 16.6 Å². The van der Waals surface area contributed by atoms with Gasteiger partial charge in [0.2, 0.25) is 0 Å². The van der Waals surface area contributed by atoms with Crippen LogP contribution in [0.25, 0.3) is 0 Å². The third kappa shape index (κ3) is 2.33. The third-order valence-electron chi connectivity index (χ3n) is 1.65. The summed E-state index contributed by atoms with van der Waals surface area (Å²) < 4.78 is 3.90. The van der Waals surface area contributed by atoms with Crippen LogP contribution in [-0.2, 0) is 0 Å². The van der Waals surface area contributed by atoms with Gasteiger partial charge in [-0.3, -0.25) is 0 Å². The summed E-state index contributed by atoms with van der Waals surface area (Å²) in [4.78, 5) is 0. The van der Waals surface area contributed by atoms with Gasteiger partial charge in [0.05, 0.1) is 0 Å². The Labute approximate surface area is 81.5 Å². The lowest BCUT2D eigenvalue weighted by molar-refractivity contribution is 0.836. The Morgan fingerprint density at radius 1 is 1.69 bits per heavy atom. The summed E-state index contributed by atoms with van der Waals surface area (Å²) in [6.07, 6.45) is 2.21. The molecule has 0 saturated carbocycles. The van der Waals surface area contributed by atoms with Gasteiger partial charge in [0, 0.05) is 6.54 Å². The Hall–Kier alpha value is -1.28. The predicted octanol–water partition coefficient (Wildman–Crippen LogP) is 1.81. The zero-order valence-electron chi connectivity index (χ0n) is 7.50. The molecule has 1 rings (SSSR count). The first-order valence-electron chi connectivity index (χ1n) is 4.18. The molecule has 0 radical (unpaired) electrons. The summed E-state index contributed by atoms with van der Waals surface area (Å²) in [5.74, 6) is 0.325. The van der Waals surface area contributed by atoms with Crippen molar-refractivity contribution in [2.75, 3.05) is 17.6 Å². The molecule has 13 heavy (non-hydrogen) atoms. The van der Waals surface area contributed by atoms with E-state index in [2.05, 4.69) is 16.6 Å². The van der Waals surface area contributed by atoms with Crippen LogP contribution in [0.15, 0.2) is 0 Å². The van der Waals surface area contributed by atoms with Crippen LogP contribution < -0.4 is 11.1 Å². The lowest BCUT2D eigenvalue weighted by Gasteiger charge is -2.00. The summed E-state index contributed by atoms with van der Waals surface area (Å²) >= 11 is 1.24. The van der Waals surface area contributed by atoms with E-state index in [4.69, 9.17) is 11.0 Å². The Kier molecular flexibility index (Phi) is 3.53. The molecule has 0 amide bonds. The predicted molar refractivity (Wildman–Crippen MR) is 54.6 cm³/mol. The lowest BCUT2D eigenvalue weighted by Crippen LogP contribution is -2.00. The second kappa shape index (κ2) is 4.67. The molecule has 70 valence electrons. The van der Waals surface area contributed by atoms with Crippen molar-refractivity contribution in [3.05, 3.63) is 5.56 Å². The van der Waals surface area contributed by atoms with Gasteiger partial charge in [-0.2, -0.15) is 9.64 Å². The topological polar surface area (TPSA) is 74.7 Å². The molecule has 0 aliphatic carbocycles. The van der Waals surface area contributed by atoms with E-state index in [1.54, 1.807) is 0 Å². The number of hydrogen-bond acceptors (Lipinski definition) is 5. The highest BCUT2D eigenvalue weighted by Crippen LogP contribution is 2.25. The number of nitrogens with zero attached hydrogens (tertiary/aromatic N) is 2. The number of aromatic nitrogens is 1. The van der Waals surface area contributed by atoms with Gasteiger partial charge in [-0.05, 0) is 18.0 Å². The van der Waals surface area contributed by atoms with Crippen LogP contribution in [0.3, 0.4) is 0 Å². The molecule has 0 unspecified atom stereocenters. The normalized spacial score (nSPS) is 9.54. The second-order valence-electron chi connectivity index (χ2n) is 2.66. The zero-order chi connectivity index (χ0) is 9.68. The second-order valence-corrected chi connectivity index (χ2v) is 3.44. The molecule has 1 aromatic rings. The Balaban J connectivity index is 2.62. The summed E-state index contributed by atoms with van der Waals surface area (Å²) in [5, 5.41) is 12.7. The first-order valence-corrected chi connectivity index (χ1v) is 4.96. The van der Waals surface area contributed by atoms with Crippen LogP contribution in [0.2, 0.25) is 0 Å². The van der Waals surface area contributed by atoms with E-state index in [1.165, 1.54) is 11.5 Å². The average Bonchev–Trinajstić information content (AvgIpc) is 2.47. The Bertz CT molecular complexity index is 312. The maximum absolute atomic E-state index is 8.74. The fraction of sp³-hybridized carbons (Fsp3) is 0.500. The van der Waals surface area contributed by atoms with Crippen LogP contribution in [-0.4, -0.2) is 10.9 Å². The van der Waals surface area contributed by atoms with Gasteiger partial charge in [-0.1, -0.05) is 13.3 Å². The molecule has 4 nitrogen and oxygen atoms in total. The number of nitrogen functional groups attached to an aromatic ring is 1. The number of anilines is 2. The monoisotopic (exact) mass is 196 g/mol. The van der Waals surface area contributed by atoms with Crippen molar-refractivity contribution >= 4 is 22.4 Å². The van der Waals surface area contributed by atoms with Crippen molar-refractivity contribution in [1.29, 1.82) is 5.26 Å². The van der Waals surface area contributed by atoms with Crippen LogP contribution in [0.1, 0.15) is 25.3 Å². The first kappa shape index (κ1) is 9.81. The van der Waals surface area contributed by atoms with Gasteiger partial charge in [-0.15, -0.1) is 0 Å². The molecule has 1 heterocycles. The largest absolute Gasteiger partial charge is 0.382 e. The van der Waals surface area contributed by atoms with Crippen LogP contribution >= 0.6 is 11.5 Å². The maximum atomic E-state index is 8.74. The summed E-state index contributed by atoms with van der Waals surface area (Å²) in [6, 6.07) is 2.03. The molecule has 0 aromatic carbocycles. The van der Waals surface area contributed by atoms with E-state index in [1.807, 2.05) is 6.07 Å². The van der Waals surface area contributed by atoms with Crippen LogP contribution in [0.4, 0.5) is 10.8 Å². The molecule has 0 spiro atoms. The standard InChI is InChI=1S/C8H12N4S/c1-2-3-4-11-8-6(5-9)7(10)12-13-8/h11H,2-4H2,1H3,(H2,10,12). The number of rotatable bonds is 4. The fourth-order valence-corrected chi connectivity index (χ4v) is 1.60. The number of nitrogens with two attached hydrogens (primary N) is 1. The molecule has 0 saturated heterocycles. The highest BCUT2D eigenvalue weighted by atomic mass is 32.1. The molecule has 0 fully saturated rings. The first-order chi connectivity index (χ1) is 6.29. The van der Waals surface area contributed by atoms with E-state index >= 15 is 0 Å². The quantitative estimate of drug-likeness (QED) is 0.720. The van der Waals surface area contributed by atoms with E-state index in [0.717, 1.165) is 24.4 Å². The van der Waals surface area contributed by atoms with Crippen molar-refractivity contribution in [1.82, 2.24) is 4.37 Å². The molecule has 5 heteroatoms. The molecule has 3 N–H and O–H groups in total. The molecule has 0 bridgehead atoms. The number of unbranched alkanes of at least 4 members (excludes halogenated alkanes) is 1. The van der Waals surface area contributed by atoms with Gasteiger partial charge in [0.25, 0.3) is 0 Å². The van der Waals surface area contributed by atoms with E-state index in [-0.39, 0.29) is 0 Å². The van der Waals surface area contributed by atoms with E-state index < -0.39 is 0 Å². The molecule has 1 aromatic heterocycles. The third-order valence-corrected chi connectivity index (χ3v) is 2.47. The number of hydrogen-bond donors (Lipinski definition) is 2. The molecular formula is C8H12N4S. The fourth-order valence-electron chi connectivity index (χ4n) is 0.910. The van der Waals surface area contributed by atoms with Gasteiger partial charge in [-0.25, -0.2) is 0 Å². The van der Waals surface area contributed by atoms with E-state index in [0.29, 0.717) is 11.4 Å². The molecule has 0 aliphatic rings. The summed E-state index contributed by atoms with van der Waals surface area (Å²) in [6.45, 7) is 2.99. The van der Waals surface area contributed by atoms with Crippen LogP contribution in [0, 0.1) is 11.3 Å². The zero-order valence-corrected chi connectivity index (χ0v) is 8.32. The number of nitrogens with one attached hydrogen (secondary N) is 1. The smallest absolute Gasteiger partial charge is 0.157 e. The average molecular weight is 196 g/mol. The van der Waals surface area contributed by atoms with Crippen molar-refractivity contribution in [2.24, 2.45) is 0 Å². The molecule has 0 aliphatic heterocycles. The van der Waals surface area contributed by atoms with Gasteiger partial charge in [0.15, 0.2) is 5.82 Å². The van der Waals surface area contributed by atoms with Crippen molar-refractivity contribution < 1.29 is 0 Å². The molecule has 0 atom stereocenters.